The molecule has 0 aliphatic rings. The highest BCUT2D eigenvalue weighted by atomic mass is 79.9. The van der Waals surface area contributed by atoms with Crippen LogP contribution in [0, 0.1) is 0 Å². The van der Waals surface area contributed by atoms with Crippen molar-refractivity contribution in [3.05, 3.63) is 34.8 Å². The summed E-state index contributed by atoms with van der Waals surface area (Å²) in [5.74, 6) is 0. The van der Waals surface area contributed by atoms with E-state index in [9.17, 15) is 4.79 Å². The number of rotatable bonds is 2. The number of halogens is 1. The standard InChI is InChI=1S/C8H5BrN4O/c9-6-1-8(3-10-2-6)13-4-7(5-14)11-12-13/h1-5H. The summed E-state index contributed by atoms with van der Waals surface area (Å²) in [6, 6.07) is 1.83. The van der Waals surface area contributed by atoms with Crippen molar-refractivity contribution >= 4 is 22.2 Å². The van der Waals surface area contributed by atoms with Gasteiger partial charge in [0.15, 0.2) is 6.29 Å². The van der Waals surface area contributed by atoms with Gasteiger partial charge in [-0.2, -0.15) is 0 Å². The van der Waals surface area contributed by atoms with Gasteiger partial charge in [0.1, 0.15) is 5.69 Å². The third-order valence-corrected chi connectivity index (χ3v) is 2.02. The van der Waals surface area contributed by atoms with Gasteiger partial charge in [-0.15, -0.1) is 5.10 Å². The molecule has 0 atom stereocenters. The Hall–Kier alpha value is -1.56. The van der Waals surface area contributed by atoms with Crippen LogP contribution in [0.2, 0.25) is 0 Å². The van der Waals surface area contributed by atoms with Gasteiger partial charge in [0.25, 0.3) is 0 Å². The lowest BCUT2D eigenvalue weighted by Gasteiger charge is -1.98. The molecule has 0 radical (unpaired) electrons. The normalized spacial score (nSPS) is 10.1. The summed E-state index contributed by atoms with van der Waals surface area (Å²) in [5.41, 5.74) is 1.05. The summed E-state index contributed by atoms with van der Waals surface area (Å²) in [6.45, 7) is 0. The molecule has 0 bridgehead atoms. The van der Waals surface area contributed by atoms with Crippen molar-refractivity contribution in [2.45, 2.75) is 0 Å². The van der Waals surface area contributed by atoms with Crippen LogP contribution in [0.25, 0.3) is 5.69 Å². The predicted molar refractivity (Wildman–Crippen MR) is 52.2 cm³/mol. The van der Waals surface area contributed by atoms with Gasteiger partial charge in [-0.3, -0.25) is 9.78 Å². The van der Waals surface area contributed by atoms with Crippen LogP contribution in [0.1, 0.15) is 10.5 Å². The van der Waals surface area contributed by atoms with Crippen molar-refractivity contribution in [1.29, 1.82) is 0 Å². The van der Waals surface area contributed by atoms with E-state index in [0.717, 1.165) is 10.2 Å². The molecular formula is C8H5BrN4O. The van der Waals surface area contributed by atoms with E-state index in [1.165, 1.54) is 10.9 Å². The average molecular weight is 253 g/mol. The quantitative estimate of drug-likeness (QED) is 0.755. The van der Waals surface area contributed by atoms with E-state index >= 15 is 0 Å². The summed E-state index contributed by atoms with van der Waals surface area (Å²) in [5, 5.41) is 7.42. The first-order valence-corrected chi connectivity index (χ1v) is 4.57. The van der Waals surface area contributed by atoms with Crippen LogP contribution < -0.4 is 0 Å². The highest BCUT2D eigenvalue weighted by Gasteiger charge is 2.01. The molecule has 2 aromatic heterocycles. The monoisotopic (exact) mass is 252 g/mol. The summed E-state index contributed by atoms with van der Waals surface area (Å²) < 4.78 is 2.33. The molecule has 0 fully saturated rings. The van der Waals surface area contributed by atoms with Gasteiger partial charge >= 0.3 is 0 Å². The SMILES string of the molecule is O=Cc1cn(-c2cncc(Br)c2)nn1. The molecule has 0 unspecified atom stereocenters. The Kier molecular flexibility index (Phi) is 2.36. The minimum atomic E-state index is 0.296. The van der Waals surface area contributed by atoms with Gasteiger partial charge < -0.3 is 0 Å². The molecule has 6 heteroatoms. The second-order valence-electron chi connectivity index (χ2n) is 2.57. The molecule has 0 amide bonds. The van der Waals surface area contributed by atoms with Crippen LogP contribution >= 0.6 is 15.9 Å². The molecule has 14 heavy (non-hydrogen) atoms. The van der Waals surface area contributed by atoms with Gasteiger partial charge in [0.05, 0.1) is 18.1 Å². The zero-order valence-corrected chi connectivity index (χ0v) is 8.55. The van der Waals surface area contributed by atoms with E-state index in [-0.39, 0.29) is 0 Å². The van der Waals surface area contributed by atoms with E-state index in [1.54, 1.807) is 12.4 Å². The molecule has 2 aromatic rings. The third-order valence-electron chi connectivity index (χ3n) is 1.59. The van der Waals surface area contributed by atoms with Crippen molar-refractivity contribution in [2.75, 3.05) is 0 Å². The smallest absolute Gasteiger partial charge is 0.171 e. The summed E-state index contributed by atoms with van der Waals surface area (Å²) in [4.78, 5) is 14.3. The lowest BCUT2D eigenvalue weighted by atomic mass is 10.4. The van der Waals surface area contributed by atoms with Gasteiger partial charge in [-0.05, 0) is 22.0 Å². The minimum absolute atomic E-state index is 0.296. The van der Waals surface area contributed by atoms with Crippen molar-refractivity contribution in [2.24, 2.45) is 0 Å². The van der Waals surface area contributed by atoms with Crippen molar-refractivity contribution in [3.63, 3.8) is 0 Å². The number of carbonyl (C=O) groups excluding carboxylic acids is 1. The first kappa shape index (κ1) is 9.01. The Morgan fingerprint density at radius 1 is 1.43 bits per heavy atom. The Bertz CT molecular complexity index is 468. The summed E-state index contributed by atoms with van der Waals surface area (Å²) in [7, 11) is 0. The fourth-order valence-corrected chi connectivity index (χ4v) is 1.34. The molecule has 2 heterocycles. The maximum absolute atomic E-state index is 10.4. The number of hydrogen-bond donors (Lipinski definition) is 0. The molecular weight excluding hydrogens is 248 g/mol. The largest absolute Gasteiger partial charge is 0.296 e. The second-order valence-corrected chi connectivity index (χ2v) is 3.48. The van der Waals surface area contributed by atoms with Crippen LogP contribution in [0.15, 0.2) is 29.1 Å². The average Bonchev–Trinajstić information content (AvgIpc) is 2.66. The number of pyridine rings is 1. The first-order chi connectivity index (χ1) is 6.79. The van der Waals surface area contributed by atoms with Crippen LogP contribution in [0.5, 0.6) is 0 Å². The highest BCUT2D eigenvalue weighted by Crippen LogP contribution is 2.12. The lowest BCUT2D eigenvalue weighted by Crippen LogP contribution is -1.95. The van der Waals surface area contributed by atoms with Crippen molar-refractivity contribution in [3.8, 4) is 5.69 Å². The van der Waals surface area contributed by atoms with E-state index in [0.29, 0.717) is 12.0 Å². The first-order valence-electron chi connectivity index (χ1n) is 3.78. The Labute approximate surface area is 87.9 Å². The fraction of sp³-hybridized carbons (Fsp3) is 0. The zero-order valence-electron chi connectivity index (χ0n) is 6.96. The number of aromatic nitrogens is 4. The van der Waals surface area contributed by atoms with E-state index in [2.05, 4.69) is 31.2 Å². The third kappa shape index (κ3) is 1.69. The Morgan fingerprint density at radius 3 is 2.93 bits per heavy atom. The molecule has 70 valence electrons. The second kappa shape index (κ2) is 3.67. The molecule has 2 rings (SSSR count). The molecule has 0 spiro atoms. The van der Waals surface area contributed by atoms with Crippen LogP contribution in [0.3, 0.4) is 0 Å². The number of aldehydes is 1. The molecule has 0 saturated heterocycles. The molecule has 0 aliphatic heterocycles. The zero-order chi connectivity index (χ0) is 9.97. The van der Waals surface area contributed by atoms with Crippen molar-refractivity contribution < 1.29 is 4.79 Å². The van der Waals surface area contributed by atoms with Crippen LogP contribution in [-0.4, -0.2) is 26.3 Å². The maximum atomic E-state index is 10.4. The maximum Gasteiger partial charge on any atom is 0.171 e. The lowest BCUT2D eigenvalue weighted by molar-refractivity contribution is 0.111. The van der Waals surface area contributed by atoms with Crippen molar-refractivity contribution in [1.82, 2.24) is 20.0 Å². The topological polar surface area (TPSA) is 60.7 Å². The number of hydrogen-bond acceptors (Lipinski definition) is 4. The predicted octanol–water partition coefficient (Wildman–Crippen LogP) is 1.24. The van der Waals surface area contributed by atoms with E-state index in [4.69, 9.17) is 0 Å². The van der Waals surface area contributed by atoms with Gasteiger partial charge in [-0.1, -0.05) is 5.21 Å². The molecule has 5 nitrogen and oxygen atoms in total. The highest BCUT2D eigenvalue weighted by molar-refractivity contribution is 9.10. The summed E-state index contributed by atoms with van der Waals surface area (Å²) in [6.07, 6.45) is 5.49. The molecule has 0 aliphatic carbocycles. The van der Waals surface area contributed by atoms with E-state index < -0.39 is 0 Å². The van der Waals surface area contributed by atoms with Crippen LogP contribution in [-0.2, 0) is 0 Å². The molecule has 0 saturated carbocycles. The summed E-state index contributed by atoms with van der Waals surface area (Å²) >= 11 is 3.29. The van der Waals surface area contributed by atoms with Gasteiger partial charge in [0, 0.05) is 10.7 Å². The molecule has 0 N–H and O–H groups in total. The van der Waals surface area contributed by atoms with E-state index in [1.807, 2.05) is 6.07 Å². The number of carbonyl (C=O) groups is 1. The van der Waals surface area contributed by atoms with Gasteiger partial charge in [-0.25, -0.2) is 4.68 Å². The van der Waals surface area contributed by atoms with Crippen LogP contribution in [0.4, 0.5) is 0 Å². The minimum Gasteiger partial charge on any atom is -0.296 e. The Morgan fingerprint density at radius 2 is 2.29 bits per heavy atom. The fourth-order valence-electron chi connectivity index (χ4n) is 0.983. The Balaban J connectivity index is 2.43. The van der Waals surface area contributed by atoms with Gasteiger partial charge in [0.2, 0.25) is 0 Å². The molecule has 0 aromatic carbocycles. The number of nitrogens with zero attached hydrogens (tertiary/aromatic N) is 4.